The summed E-state index contributed by atoms with van der Waals surface area (Å²) < 4.78 is 30.7. The van der Waals surface area contributed by atoms with E-state index in [2.05, 4.69) is 4.98 Å². The third-order valence-corrected chi connectivity index (χ3v) is 3.15. The Morgan fingerprint density at radius 2 is 1.90 bits per heavy atom. The van der Waals surface area contributed by atoms with Crippen molar-refractivity contribution in [3.63, 3.8) is 0 Å². The number of halogens is 2. The Morgan fingerprint density at radius 3 is 2.40 bits per heavy atom. The highest BCUT2D eigenvalue weighted by Crippen LogP contribution is 2.27. The molecule has 0 aliphatic carbocycles. The molecule has 1 atom stereocenters. The summed E-state index contributed by atoms with van der Waals surface area (Å²) in [4.78, 5) is 15.8. The number of carbonyl (C=O) groups is 1. The predicted octanol–water partition coefficient (Wildman–Crippen LogP) is 4.49. The minimum Gasteiger partial charge on any atom is -0.462 e. The lowest BCUT2D eigenvalue weighted by molar-refractivity contribution is 0.0525. The molecule has 1 heterocycles. The van der Waals surface area contributed by atoms with E-state index in [0.29, 0.717) is 5.69 Å². The van der Waals surface area contributed by atoms with Crippen molar-refractivity contribution in [3.8, 4) is 0 Å². The third-order valence-electron chi connectivity index (χ3n) is 3.15. The number of rotatable bonds is 7. The molecule has 0 aliphatic heterocycles. The van der Waals surface area contributed by atoms with E-state index < -0.39 is 12.4 Å². The summed E-state index contributed by atoms with van der Waals surface area (Å²) in [6.07, 6.45) is -0.0931. The van der Waals surface area contributed by atoms with Gasteiger partial charge < -0.3 is 4.74 Å². The molecule has 1 aromatic rings. The number of hydrogen-bond donors (Lipinski definition) is 0. The van der Waals surface area contributed by atoms with Crippen molar-refractivity contribution >= 4 is 5.97 Å². The minimum absolute atomic E-state index is 0.0897. The summed E-state index contributed by atoms with van der Waals surface area (Å²) in [5.74, 6) is -0.490. The van der Waals surface area contributed by atoms with Crippen molar-refractivity contribution in [1.82, 2.24) is 4.98 Å². The van der Waals surface area contributed by atoms with Gasteiger partial charge in [-0.15, -0.1) is 0 Å². The number of pyridine rings is 1. The SMILES string of the molecule is CCCC(CC)c1cc(C(=O)OCC)cc(C(F)F)n1. The predicted molar refractivity (Wildman–Crippen MR) is 73.1 cm³/mol. The van der Waals surface area contributed by atoms with Crippen LogP contribution in [-0.4, -0.2) is 17.6 Å². The van der Waals surface area contributed by atoms with Gasteiger partial charge in [0.25, 0.3) is 6.43 Å². The first-order chi connectivity index (χ1) is 9.53. The second-order valence-electron chi connectivity index (χ2n) is 4.62. The Hall–Kier alpha value is -1.52. The van der Waals surface area contributed by atoms with Crippen molar-refractivity contribution in [2.45, 2.75) is 52.4 Å². The smallest absolute Gasteiger partial charge is 0.338 e. The zero-order chi connectivity index (χ0) is 15.1. The number of nitrogens with zero attached hydrogens (tertiary/aromatic N) is 1. The number of hydrogen-bond acceptors (Lipinski definition) is 3. The summed E-state index contributed by atoms with van der Waals surface area (Å²) >= 11 is 0. The van der Waals surface area contributed by atoms with Crippen LogP contribution in [0.2, 0.25) is 0 Å². The third kappa shape index (κ3) is 4.25. The summed E-state index contributed by atoms with van der Waals surface area (Å²) in [7, 11) is 0. The van der Waals surface area contributed by atoms with Gasteiger partial charge in [0.05, 0.1) is 12.2 Å². The van der Waals surface area contributed by atoms with Crippen LogP contribution in [-0.2, 0) is 4.74 Å². The van der Waals surface area contributed by atoms with Crippen molar-refractivity contribution in [3.05, 3.63) is 29.1 Å². The summed E-state index contributed by atoms with van der Waals surface area (Å²) in [6.45, 7) is 5.92. The van der Waals surface area contributed by atoms with Crippen LogP contribution in [0.25, 0.3) is 0 Å². The number of esters is 1. The van der Waals surface area contributed by atoms with Gasteiger partial charge in [-0.2, -0.15) is 0 Å². The molecule has 0 bridgehead atoms. The maximum Gasteiger partial charge on any atom is 0.338 e. The molecule has 0 saturated carbocycles. The molecule has 20 heavy (non-hydrogen) atoms. The van der Waals surface area contributed by atoms with Crippen LogP contribution < -0.4 is 0 Å². The molecule has 0 spiro atoms. The Bertz CT molecular complexity index is 449. The number of ether oxygens (including phenoxy) is 1. The van der Waals surface area contributed by atoms with Crippen LogP contribution in [0.3, 0.4) is 0 Å². The van der Waals surface area contributed by atoms with Gasteiger partial charge in [-0.1, -0.05) is 20.3 Å². The molecular weight excluding hydrogens is 264 g/mol. The molecule has 112 valence electrons. The number of alkyl halides is 2. The molecule has 3 nitrogen and oxygen atoms in total. The first-order valence-corrected chi connectivity index (χ1v) is 7.00. The highest BCUT2D eigenvalue weighted by atomic mass is 19.3. The number of aromatic nitrogens is 1. The lowest BCUT2D eigenvalue weighted by Gasteiger charge is -2.15. The molecular formula is C15H21F2NO2. The van der Waals surface area contributed by atoms with Crippen LogP contribution in [0, 0.1) is 0 Å². The van der Waals surface area contributed by atoms with Gasteiger partial charge in [0.1, 0.15) is 5.69 Å². The molecule has 1 aromatic heterocycles. The fraction of sp³-hybridized carbons (Fsp3) is 0.600. The van der Waals surface area contributed by atoms with E-state index in [1.807, 2.05) is 13.8 Å². The van der Waals surface area contributed by atoms with Gasteiger partial charge in [0.15, 0.2) is 0 Å². The summed E-state index contributed by atoms with van der Waals surface area (Å²) in [5, 5.41) is 0. The van der Waals surface area contributed by atoms with Crippen molar-refractivity contribution in [1.29, 1.82) is 0 Å². The van der Waals surface area contributed by atoms with Gasteiger partial charge in [-0.25, -0.2) is 13.6 Å². The first-order valence-electron chi connectivity index (χ1n) is 7.00. The Morgan fingerprint density at radius 1 is 1.25 bits per heavy atom. The zero-order valence-electron chi connectivity index (χ0n) is 12.2. The van der Waals surface area contributed by atoms with Crippen LogP contribution in [0.1, 0.15) is 74.1 Å². The molecule has 0 saturated heterocycles. The molecule has 1 unspecified atom stereocenters. The monoisotopic (exact) mass is 285 g/mol. The van der Waals surface area contributed by atoms with Crippen LogP contribution in [0.4, 0.5) is 8.78 Å². The maximum absolute atomic E-state index is 12.9. The summed E-state index contributed by atoms with van der Waals surface area (Å²) in [6, 6.07) is 2.69. The molecule has 0 radical (unpaired) electrons. The second kappa shape index (κ2) is 7.92. The van der Waals surface area contributed by atoms with Gasteiger partial charge in [-0.05, 0) is 31.9 Å². The van der Waals surface area contributed by atoms with Gasteiger partial charge in [0.2, 0.25) is 0 Å². The van der Waals surface area contributed by atoms with E-state index in [-0.39, 0.29) is 23.8 Å². The van der Waals surface area contributed by atoms with Crippen LogP contribution >= 0.6 is 0 Å². The highest BCUT2D eigenvalue weighted by molar-refractivity contribution is 5.89. The van der Waals surface area contributed by atoms with E-state index in [4.69, 9.17) is 4.74 Å². The molecule has 0 aliphatic rings. The quantitative estimate of drug-likeness (QED) is 0.693. The summed E-state index contributed by atoms with van der Waals surface area (Å²) in [5.41, 5.74) is 0.344. The lowest BCUT2D eigenvalue weighted by Crippen LogP contribution is -2.10. The van der Waals surface area contributed by atoms with Gasteiger partial charge in [-0.3, -0.25) is 4.98 Å². The van der Waals surface area contributed by atoms with Gasteiger partial charge >= 0.3 is 5.97 Å². The van der Waals surface area contributed by atoms with Crippen LogP contribution in [0.5, 0.6) is 0 Å². The second-order valence-corrected chi connectivity index (χ2v) is 4.62. The fourth-order valence-corrected chi connectivity index (χ4v) is 2.14. The molecule has 0 aromatic carbocycles. The van der Waals surface area contributed by atoms with Crippen molar-refractivity contribution < 1.29 is 18.3 Å². The Kier molecular flexibility index (Phi) is 6.55. The van der Waals surface area contributed by atoms with E-state index >= 15 is 0 Å². The average Bonchev–Trinajstić information content (AvgIpc) is 2.44. The van der Waals surface area contributed by atoms with E-state index in [0.717, 1.165) is 25.3 Å². The van der Waals surface area contributed by atoms with Crippen molar-refractivity contribution in [2.75, 3.05) is 6.61 Å². The molecule has 0 amide bonds. The molecule has 1 rings (SSSR count). The minimum atomic E-state index is -2.69. The van der Waals surface area contributed by atoms with Crippen LogP contribution in [0.15, 0.2) is 12.1 Å². The van der Waals surface area contributed by atoms with E-state index in [1.165, 1.54) is 0 Å². The molecule has 0 fully saturated rings. The molecule has 0 N–H and O–H groups in total. The standard InChI is InChI=1S/C15H21F2NO2/c1-4-7-10(5-2)12-8-11(15(19)20-6-3)9-13(18-12)14(16)17/h8-10,14H,4-7H2,1-3H3. The Balaban J connectivity index is 3.19. The fourth-order valence-electron chi connectivity index (χ4n) is 2.14. The zero-order valence-corrected chi connectivity index (χ0v) is 12.2. The van der Waals surface area contributed by atoms with E-state index in [1.54, 1.807) is 13.0 Å². The van der Waals surface area contributed by atoms with Gasteiger partial charge in [0, 0.05) is 11.6 Å². The largest absolute Gasteiger partial charge is 0.462 e. The average molecular weight is 285 g/mol. The highest BCUT2D eigenvalue weighted by Gasteiger charge is 2.19. The maximum atomic E-state index is 12.9. The van der Waals surface area contributed by atoms with Crippen molar-refractivity contribution in [2.24, 2.45) is 0 Å². The topological polar surface area (TPSA) is 39.2 Å². The lowest BCUT2D eigenvalue weighted by atomic mass is 9.95. The van der Waals surface area contributed by atoms with E-state index in [9.17, 15) is 13.6 Å². The Labute approximate surface area is 118 Å². The normalized spacial score (nSPS) is 12.5. The number of carbonyl (C=O) groups excluding carboxylic acids is 1. The first kappa shape index (κ1) is 16.5. The molecule has 5 heteroatoms.